The molecule has 3 heterocycles. The quantitative estimate of drug-likeness (QED) is 0.130. The molecule has 9 aromatic carbocycles. The van der Waals surface area contributed by atoms with E-state index in [1.807, 2.05) is 42.9 Å². The van der Waals surface area contributed by atoms with Crippen LogP contribution in [0.4, 0.5) is 0 Å². The van der Waals surface area contributed by atoms with Gasteiger partial charge >= 0.3 is 0 Å². The first-order valence-corrected chi connectivity index (χ1v) is 24.4. The van der Waals surface area contributed by atoms with E-state index in [9.17, 15) is 0 Å². The average molecular weight is 918 g/mol. The van der Waals surface area contributed by atoms with Crippen LogP contribution in [-0.2, 0) is 0 Å². The van der Waals surface area contributed by atoms with Gasteiger partial charge in [-0.2, -0.15) is 0 Å². The fourth-order valence-corrected chi connectivity index (χ4v) is 9.83. The van der Waals surface area contributed by atoms with Gasteiger partial charge in [-0.1, -0.05) is 212 Å². The molecule has 0 bridgehead atoms. The number of benzene rings is 9. The van der Waals surface area contributed by atoms with Crippen molar-refractivity contribution >= 4 is 0 Å². The maximum Gasteiger partial charge on any atom is 0.0702 e. The fraction of sp³-hybridized carbons (Fsp3) is 0. The molecular weight excluding hydrogens is 871 g/mol. The molecule has 0 saturated carbocycles. The maximum atomic E-state index is 5.11. The van der Waals surface area contributed by atoms with Crippen molar-refractivity contribution in [3.63, 3.8) is 0 Å². The van der Waals surface area contributed by atoms with Crippen LogP contribution in [0.2, 0.25) is 0 Å². The molecule has 0 fully saturated rings. The number of hydrogen-bond acceptors (Lipinski definition) is 3. The van der Waals surface area contributed by atoms with E-state index in [0.717, 1.165) is 106 Å². The van der Waals surface area contributed by atoms with Gasteiger partial charge in [0.1, 0.15) is 0 Å². The van der Waals surface area contributed by atoms with E-state index >= 15 is 0 Å². The summed E-state index contributed by atoms with van der Waals surface area (Å²) < 4.78 is 0. The van der Waals surface area contributed by atoms with Gasteiger partial charge in [0.25, 0.3) is 0 Å². The molecule has 12 aromatic rings. The summed E-state index contributed by atoms with van der Waals surface area (Å²) in [4.78, 5) is 14.3. The molecule has 72 heavy (non-hydrogen) atoms. The summed E-state index contributed by atoms with van der Waals surface area (Å²) in [6, 6.07) is 95.2. The van der Waals surface area contributed by atoms with Crippen LogP contribution in [0.1, 0.15) is 0 Å². The van der Waals surface area contributed by atoms with E-state index in [-0.39, 0.29) is 0 Å². The molecule has 0 amide bonds. The fourth-order valence-electron chi connectivity index (χ4n) is 9.83. The second-order valence-corrected chi connectivity index (χ2v) is 18.0. The van der Waals surface area contributed by atoms with Crippen LogP contribution in [0.25, 0.3) is 123 Å². The van der Waals surface area contributed by atoms with Crippen LogP contribution >= 0.6 is 0 Å². The van der Waals surface area contributed by atoms with E-state index in [2.05, 4.69) is 253 Å². The lowest BCUT2D eigenvalue weighted by atomic mass is 9.86. The molecule has 3 heteroatoms. The third-order valence-electron chi connectivity index (χ3n) is 13.5. The summed E-state index contributed by atoms with van der Waals surface area (Å²) in [6.45, 7) is 0. The summed E-state index contributed by atoms with van der Waals surface area (Å²) in [6.07, 6.45) is 5.71. The summed E-state index contributed by atoms with van der Waals surface area (Å²) in [5, 5.41) is 0. The zero-order valence-corrected chi connectivity index (χ0v) is 39.5. The number of rotatable bonds is 11. The summed E-state index contributed by atoms with van der Waals surface area (Å²) in [5.41, 5.74) is 24.4. The van der Waals surface area contributed by atoms with Gasteiger partial charge in [0.2, 0.25) is 0 Å². The zero-order valence-electron chi connectivity index (χ0n) is 39.5. The van der Waals surface area contributed by atoms with Crippen LogP contribution in [0.15, 0.2) is 286 Å². The number of aromatic nitrogens is 3. The Morgan fingerprint density at radius 2 is 0.486 bits per heavy atom. The minimum Gasteiger partial charge on any atom is -0.256 e. The van der Waals surface area contributed by atoms with Gasteiger partial charge in [-0.15, -0.1) is 0 Å². The highest BCUT2D eigenvalue weighted by atomic mass is 14.7. The second-order valence-electron chi connectivity index (χ2n) is 18.0. The molecule has 0 saturated heterocycles. The lowest BCUT2D eigenvalue weighted by molar-refractivity contribution is 1.32. The Balaban J connectivity index is 0.933. The summed E-state index contributed by atoms with van der Waals surface area (Å²) in [7, 11) is 0. The molecule has 0 spiro atoms. The monoisotopic (exact) mass is 917 g/mol. The van der Waals surface area contributed by atoms with Crippen molar-refractivity contribution in [1.29, 1.82) is 0 Å². The van der Waals surface area contributed by atoms with Crippen LogP contribution in [-0.4, -0.2) is 15.0 Å². The third-order valence-corrected chi connectivity index (χ3v) is 13.5. The normalized spacial score (nSPS) is 11.1. The Labute approximate surface area is 421 Å². The molecule has 3 aromatic heterocycles. The Morgan fingerprint density at radius 1 is 0.167 bits per heavy atom. The van der Waals surface area contributed by atoms with Crippen molar-refractivity contribution in [1.82, 2.24) is 15.0 Å². The molecule has 0 radical (unpaired) electrons. The van der Waals surface area contributed by atoms with Crippen molar-refractivity contribution in [2.24, 2.45) is 0 Å². The van der Waals surface area contributed by atoms with E-state index in [0.29, 0.717) is 0 Å². The molecule has 338 valence electrons. The van der Waals surface area contributed by atoms with Gasteiger partial charge in [-0.3, -0.25) is 15.0 Å². The molecule has 12 rings (SSSR count). The lowest BCUT2D eigenvalue weighted by Crippen LogP contribution is -1.93. The van der Waals surface area contributed by atoms with Crippen molar-refractivity contribution in [3.8, 4) is 123 Å². The Morgan fingerprint density at radius 3 is 0.931 bits per heavy atom. The van der Waals surface area contributed by atoms with E-state index in [4.69, 9.17) is 4.98 Å². The van der Waals surface area contributed by atoms with Gasteiger partial charge in [-0.25, -0.2) is 0 Å². The molecule has 0 atom stereocenters. The minimum atomic E-state index is 0.928. The van der Waals surface area contributed by atoms with Gasteiger partial charge in [0.05, 0.1) is 17.1 Å². The molecule has 0 aliphatic rings. The first-order valence-electron chi connectivity index (χ1n) is 24.4. The van der Waals surface area contributed by atoms with Gasteiger partial charge < -0.3 is 0 Å². The first-order chi connectivity index (χ1) is 35.7. The number of hydrogen-bond donors (Lipinski definition) is 0. The highest BCUT2D eigenvalue weighted by molar-refractivity contribution is 5.94. The molecule has 3 nitrogen and oxygen atoms in total. The van der Waals surface area contributed by atoms with E-state index in [1.54, 1.807) is 0 Å². The molecular formula is C69H47N3. The third kappa shape index (κ3) is 9.07. The van der Waals surface area contributed by atoms with Gasteiger partial charge in [0.15, 0.2) is 0 Å². The molecule has 0 unspecified atom stereocenters. The van der Waals surface area contributed by atoms with Crippen molar-refractivity contribution in [2.75, 3.05) is 0 Å². The summed E-state index contributed by atoms with van der Waals surface area (Å²) >= 11 is 0. The Kier molecular flexibility index (Phi) is 12.0. The SMILES string of the molecule is c1ccc(-c2ccc(-c3cccc(-c4ccc(-c5ccccc5-c5cc(-c6ccccc6-c6ccc(-c7ccccn7)cc6)cc(-c6ccccc6-c6ccc(-c7ccccn7)cc6)c5)cn4)c3)cc2)cc1. The van der Waals surface area contributed by atoms with E-state index < -0.39 is 0 Å². The van der Waals surface area contributed by atoms with Crippen LogP contribution < -0.4 is 0 Å². The Bertz CT molecular complexity index is 3650. The average Bonchev–Trinajstić information content (AvgIpc) is 3.48. The topological polar surface area (TPSA) is 38.7 Å². The number of nitrogens with zero attached hydrogens (tertiary/aromatic N) is 3. The molecule has 0 aliphatic carbocycles. The standard InChI is InChI=1S/C69H47N3/c1-2-15-48(16-3-1)49-27-29-50(30-28-49)55-17-14-18-56(43-55)69-40-39-57(47-72-69)63-21-6-9-24-66(63)60-45-58(64-22-7-4-19-61(64)51-31-35-53(36-32-51)67-25-10-12-41-70-67)44-59(46-60)65-23-8-5-20-62(65)52-33-37-54(38-34-52)68-26-11-13-42-71-68/h1-47H. The Hall–Kier alpha value is -9.57. The molecule has 0 aliphatic heterocycles. The summed E-state index contributed by atoms with van der Waals surface area (Å²) in [5.74, 6) is 0. The maximum absolute atomic E-state index is 5.11. The lowest BCUT2D eigenvalue weighted by Gasteiger charge is -2.18. The van der Waals surface area contributed by atoms with Crippen molar-refractivity contribution in [3.05, 3.63) is 286 Å². The highest BCUT2D eigenvalue weighted by Crippen LogP contribution is 2.43. The highest BCUT2D eigenvalue weighted by Gasteiger charge is 2.17. The van der Waals surface area contributed by atoms with E-state index in [1.165, 1.54) is 16.7 Å². The number of pyridine rings is 3. The minimum absolute atomic E-state index is 0.928. The smallest absolute Gasteiger partial charge is 0.0702 e. The predicted molar refractivity (Wildman–Crippen MR) is 300 cm³/mol. The van der Waals surface area contributed by atoms with Gasteiger partial charge in [0, 0.05) is 40.8 Å². The van der Waals surface area contributed by atoms with Crippen LogP contribution in [0, 0.1) is 0 Å². The zero-order chi connectivity index (χ0) is 48.1. The second kappa shape index (κ2) is 19.8. The molecule has 0 N–H and O–H groups in total. The first kappa shape index (κ1) is 43.7. The largest absolute Gasteiger partial charge is 0.256 e. The van der Waals surface area contributed by atoms with Crippen molar-refractivity contribution in [2.45, 2.75) is 0 Å². The van der Waals surface area contributed by atoms with Crippen LogP contribution in [0.5, 0.6) is 0 Å². The van der Waals surface area contributed by atoms with Crippen LogP contribution in [0.3, 0.4) is 0 Å². The van der Waals surface area contributed by atoms with Gasteiger partial charge in [-0.05, 0) is 138 Å². The predicted octanol–water partition coefficient (Wildman–Crippen LogP) is 18.2. The van der Waals surface area contributed by atoms with Crippen molar-refractivity contribution < 1.29 is 0 Å².